The first kappa shape index (κ1) is 16.6. The molecule has 0 saturated carbocycles. The topological polar surface area (TPSA) is 82.4 Å². The van der Waals surface area contributed by atoms with E-state index in [1.165, 1.54) is 0 Å². The van der Waals surface area contributed by atoms with Crippen molar-refractivity contribution in [3.05, 3.63) is 54.0 Å². The average Bonchev–Trinajstić information content (AvgIpc) is 3.31. The second-order valence-corrected chi connectivity index (χ2v) is 6.76. The third kappa shape index (κ3) is 3.15. The first-order valence-corrected chi connectivity index (χ1v) is 8.79. The van der Waals surface area contributed by atoms with Gasteiger partial charge in [-0.25, -0.2) is 0 Å². The number of hydrogen-bond acceptors (Lipinski definition) is 4. The van der Waals surface area contributed by atoms with Gasteiger partial charge in [-0.3, -0.25) is 4.79 Å². The lowest BCUT2D eigenvalue weighted by Gasteiger charge is -2.29. The first-order valence-electron chi connectivity index (χ1n) is 8.79. The number of aliphatic hydroxyl groups is 1. The fourth-order valence-corrected chi connectivity index (χ4v) is 3.35. The molecule has 1 aromatic carbocycles. The lowest BCUT2D eigenvalue weighted by molar-refractivity contribution is 0.0542. The molecule has 134 valence electrons. The Morgan fingerprint density at radius 3 is 2.85 bits per heavy atom. The number of hydrogen-bond donors (Lipinski definition) is 2. The molecule has 0 aliphatic carbocycles. The number of aliphatic hydroxyl groups excluding tert-OH is 1. The van der Waals surface area contributed by atoms with Crippen LogP contribution in [-0.4, -0.2) is 45.2 Å². The van der Waals surface area contributed by atoms with E-state index < -0.39 is 0 Å². The SMILES string of the molecule is Cc1cccc(-c2cnoc2-c2c[nH]c(C(=O)N3CCC(O)CC3)c2)c1. The summed E-state index contributed by atoms with van der Waals surface area (Å²) in [6.07, 6.45) is 4.42. The molecule has 1 saturated heterocycles. The molecule has 0 atom stereocenters. The Hall–Kier alpha value is -2.86. The summed E-state index contributed by atoms with van der Waals surface area (Å²) in [5.74, 6) is 0.583. The number of carbonyl (C=O) groups is 1. The molecule has 2 N–H and O–H groups in total. The van der Waals surface area contributed by atoms with Crippen molar-refractivity contribution in [2.24, 2.45) is 0 Å². The first-order chi connectivity index (χ1) is 12.6. The lowest BCUT2D eigenvalue weighted by Crippen LogP contribution is -2.40. The third-order valence-corrected chi connectivity index (χ3v) is 4.83. The minimum absolute atomic E-state index is 0.0558. The van der Waals surface area contributed by atoms with E-state index in [1.807, 2.05) is 25.1 Å². The Bertz CT molecular complexity index is 920. The number of nitrogens with one attached hydrogen (secondary N) is 1. The summed E-state index contributed by atoms with van der Waals surface area (Å²) in [4.78, 5) is 17.5. The van der Waals surface area contributed by atoms with Gasteiger partial charge in [0, 0.05) is 30.4 Å². The van der Waals surface area contributed by atoms with Gasteiger partial charge < -0.3 is 19.5 Å². The van der Waals surface area contributed by atoms with E-state index >= 15 is 0 Å². The Labute approximate surface area is 151 Å². The van der Waals surface area contributed by atoms with Crippen molar-refractivity contribution < 1.29 is 14.4 Å². The van der Waals surface area contributed by atoms with Crippen LogP contribution >= 0.6 is 0 Å². The van der Waals surface area contributed by atoms with Crippen LogP contribution in [0.1, 0.15) is 28.9 Å². The Morgan fingerprint density at radius 1 is 1.27 bits per heavy atom. The second kappa shape index (κ2) is 6.80. The maximum atomic E-state index is 12.7. The number of aryl methyl sites for hydroxylation is 1. The van der Waals surface area contributed by atoms with Gasteiger partial charge in [-0.05, 0) is 31.4 Å². The highest BCUT2D eigenvalue weighted by molar-refractivity contribution is 5.94. The van der Waals surface area contributed by atoms with Crippen LogP contribution in [-0.2, 0) is 0 Å². The number of aromatic nitrogens is 2. The highest BCUT2D eigenvalue weighted by Gasteiger charge is 2.24. The molecule has 4 rings (SSSR count). The van der Waals surface area contributed by atoms with Crippen LogP contribution in [0.4, 0.5) is 0 Å². The quantitative estimate of drug-likeness (QED) is 0.759. The van der Waals surface area contributed by atoms with E-state index in [0.29, 0.717) is 37.4 Å². The number of amides is 1. The minimum Gasteiger partial charge on any atom is -0.393 e. The molecule has 0 spiro atoms. The lowest BCUT2D eigenvalue weighted by atomic mass is 10.0. The number of H-pyrrole nitrogens is 1. The summed E-state index contributed by atoms with van der Waals surface area (Å²) < 4.78 is 5.47. The highest BCUT2D eigenvalue weighted by Crippen LogP contribution is 2.33. The van der Waals surface area contributed by atoms with Crippen molar-refractivity contribution in [3.8, 4) is 22.5 Å². The van der Waals surface area contributed by atoms with Gasteiger partial charge in [0.1, 0.15) is 5.69 Å². The van der Waals surface area contributed by atoms with Gasteiger partial charge in [0.2, 0.25) is 0 Å². The molecule has 0 unspecified atom stereocenters. The number of benzene rings is 1. The largest absolute Gasteiger partial charge is 0.393 e. The predicted molar refractivity (Wildman–Crippen MR) is 97.6 cm³/mol. The summed E-state index contributed by atoms with van der Waals surface area (Å²) in [7, 11) is 0. The van der Waals surface area contributed by atoms with Crippen LogP contribution in [0.15, 0.2) is 47.2 Å². The molecule has 3 aromatic rings. The number of nitrogens with zero attached hydrogens (tertiary/aromatic N) is 2. The Morgan fingerprint density at radius 2 is 2.08 bits per heavy atom. The van der Waals surface area contributed by atoms with E-state index in [0.717, 1.165) is 22.3 Å². The van der Waals surface area contributed by atoms with Crippen LogP contribution < -0.4 is 0 Å². The molecular formula is C20H21N3O3. The van der Waals surface area contributed by atoms with Gasteiger partial charge in [0.15, 0.2) is 5.76 Å². The molecule has 1 fully saturated rings. The van der Waals surface area contributed by atoms with Crippen LogP contribution in [0.3, 0.4) is 0 Å². The van der Waals surface area contributed by atoms with Crippen LogP contribution in [0.2, 0.25) is 0 Å². The zero-order valence-electron chi connectivity index (χ0n) is 14.6. The zero-order valence-corrected chi connectivity index (χ0v) is 14.6. The molecule has 6 heteroatoms. The van der Waals surface area contributed by atoms with Gasteiger partial charge >= 0.3 is 0 Å². The summed E-state index contributed by atoms with van der Waals surface area (Å²) in [6.45, 7) is 3.19. The van der Waals surface area contributed by atoms with E-state index in [9.17, 15) is 9.90 Å². The molecular weight excluding hydrogens is 330 g/mol. The normalized spacial score (nSPS) is 15.4. The standard InChI is InChI=1S/C20H21N3O3/c1-13-3-2-4-14(9-13)17-12-22-26-19(17)15-10-18(21-11-15)20(25)23-7-5-16(24)6-8-23/h2-4,9-12,16,21,24H,5-8H2,1H3. The minimum atomic E-state index is -0.302. The van der Waals surface area contributed by atoms with Crippen molar-refractivity contribution in [1.29, 1.82) is 0 Å². The van der Waals surface area contributed by atoms with Crippen LogP contribution in [0, 0.1) is 6.92 Å². The van der Waals surface area contributed by atoms with Crippen molar-refractivity contribution in [2.45, 2.75) is 25.9 Å². The molecule has 6 nitrogen and oxygen atoms in total. The summed E-state index contributed by atoms with van der Waals surface area (Å²) >= 11 is 0. The molecule has 1 amide bonds. The molecule has 3 heterocycles. The van der Waals surface area contributed by atoms with Crippen LogP contribution in [0.5, 0.6) is 0 Å². The second-order valence-electron chi connectivity index (χ2n) is 6.76. The number of aromatic amines is 1. The molecule has 1 aliphatic heterocycles. The summed E-state index contributed by atoms with van der Waals surface area (Å²) in [6, 6.07) is 9.93. The summed E-state index contributed by atoms with van der Waals surface area (Å²) in [5, 5.41) is 13.5. The van der Waals surface area contributed by atoms with Gasteiger partial charge in [-0.1, -0.05) is 35.0 Å². The van der Waals surface area contributed by atoms with Gasteiger partial charge in [-0.15, -0.1) is 0 Å². The average molecular weight is 351 g/mol. The van der Waals surface area contributed by atoms with E-state index in [1.54, 1.807) is 23.4 Å². The maximum absolute atomic E-state index is 12.7. The van der Waals surface area contributed by atoms with Crippen molar-refractivity contribution >= 4 is 5.91 Å². The molecule has 0 radical (unpaired) electrons. The Kier molecular flexibility index (Phi) is 4.34. The monoisotopic (exact) mass is 351 g/mol. The maximum Gasteiger partial charge on any atom is 0.270 e. The van der Waals surface area contributed by atoms with Crippen molar-refractivity contribution in [3.63, 3.8) is 0 Å². The van der Waals surface area contributed by atoms with Gasteiger partial charge in [0.05, 0.1) is 12.3 Å². The number of piperidine rings is 1. The van der Waals surface area contributed by atoms with E-state index in [-0.39, 0.29) is 12.0 Å². The van der Waals surface area contributed by atoms with E-state index in [4.69, 9.17) is 4.52 Å². The van der Waals surface area contributed by atoms with Crippen molar-refractivity contribution in [1.82, 2.24) is 15.0 Å². The zero-order chi connectivity index (χ0) is 18.1. The van der Waals surface area contributed by atoms with Crippen molar-refractivity contribution in [2.75, 3.05) is 13.1 Å². The fraction of sp³-hybridized carbons (Fsp3) is 0.300. The number of rotatable bonds is 3. The third-order valence-electron chi connectivity index (χ3n) is 4.83. The highest BCUT2D eigenvalue weighted by atomic mass is 16.5. The summed E-state index contributed by atoms with van der Waals surface area (Å²) in [5.41, 5.74) is 4.39. The Balaban J connectivity index is 1.59. The van der Waals surface area contributed by atoms with Gasteiger partial charge in [0.25, 0.3) is 5.91 Å². The smallest absolute Gasteiger partial charge is 0.270 e. The molecule has 0 bridgehead atoms. The number of likely N-dealkylation sites (tertiary alicyclic amines) is 1. The molecule has 26 heavy (non-hydrogen) atoms. The fourth-order valence-electron chi connectivity index (χ4n) is 3.35. The predicted octanol–water partition coefficient (Wildman–Crippen LogP) is 3.24. The molecule has 1 aliphatic rings. The van der Waals surface area contributed by atoms with Crippen LogP contribution in [0.25, 0.3) is 22.5 Å². The van der Waals surface area contributed by atoms with E-state index in [2.05, 4.69) is 16.2 Å². The van der Waals surface area contributed by atoms with Gasteiger partial charge in [-0.2, -0.15) is 0 Å². The molecule has 2 aromatic heterocycles. The number of carbonyl (C=O) groups excluding carboxylic acids is 1.